The number of fused-ring (bicyclic) bond motifs is 1. The number of hydrogen-bond acceptors (Lipinski definition) is 4. The first-order valence-electron chi connectivity index (χ1n) is 6.58. The maximum Gasteiger partial charge on any atom is 0.299 e. The third-order valence-electron chi connectivity index (χ3n) is 3.05. The average molecular weight is 360 g/mol. The molecule has 0 N–H and O–H groups in total. The largest absolute Gasteiger partial charge is 0.351 e. The van der Waals surface area contributed by atoms with E-state index in [4.69, 9.17) is 9.47 Å². The molecule has 0 radical (unpaired) electrons. The minimum atomic E-state index is -0.702. The van der Waals surface area contributed by atoms with Gasteiger partial charge in [0.05, 0.1) is 22.3 Å². The summed E-state index contributed by atoms with van der Waals surface area (Å²) in [6, 6.07) is 2.48. The molecule has 114 valence electrons. The summed E-state index contributed by atoms with van der Waals surface area (Å²) >= 11 is 3.01. The first kappa shape index (κ1) is 16.1. The quantitative estimate of drug-likeness (QED) is 0.578. The summed E-state index contributed by atoms with van der Waals surface area (Å²) in [6.07, 6.45) is -0.658. The van der Waals surface area contributed by atoms with E-state index < -0.39 is 23.8 Å². The van der Waals surface area contributed by atoms with Gasteiger partial charge in [-0.2, -0.15) is 0 Å². The number of halogens is 2. The Morgan fingerprint density at radius 3 is 2.43 bits per heavy atom. The summed E-state index contributed by atoms with van der Waals surface area (Å²) in [5.74, 6) is -1.89. The smallest absolute Gasteiger partial charge is 0.299 e. The van der Waals surface area contributed by atoms with Crippen molar-refractivity contribution in [2.24, 2.45) is 0 Å². The normalized spacial score (nSPS) is 14.2. The molecule has 0 fully saturated rings. The molecule has 1 aromatic rings. The number of Topliss-reactive ketones (excluding diaryl/α,β-unsaturated/α-hetero) is 1. The van der Waals surface area contributed by atoms with Crippen LogP contribution in [0.1, 0.15) is 24.2 Å². The average Bonchev–Trinajstić information content (AvgIpc) is 2.66. The fraction of sp³-hybridized carbons (Fsp3) is 0.429. The molecule has 0 unspecified atom stereocenters. The van der Waals surface area contributed by atoms with Crippen molar-refractivity contribution in [3.63, 3.8) is 0 Å². The van der Waals surface area contributed by atoms with Crippen molar-refractivity contribution in [3.05, 3.63) is 28.0 Å². The number of carbonyl (C=O) groups is 2. The van der Waals surface area contributed by atoms with Crippen molar-refractivity contribution in [2.75, 3.05) is 24.7 Å². The van der Waals surface area contributed by atoms with Crippen molar-refractivity contribution >= 4 is 33.3 Å². The van der Waals surface area contributed by atoms with Gasteiger partial charge in [-0.1, -0.05) is 0 Å². The van der Waals surface area contributed by atoms with Gasteiger partial charge in [0.15, 0.2) is 6.29 Å². The van der Waals surface area contributed by atoms with Crippen molar-refractivity contribution in [1.29, 1.82) is 0 Å². The van der Waals surface area contributed by atoms with E-state index >= 15 is 0 Å². The van der Waals surface area contributed by atoms with Crippen LogP contribution in [0, 0.1) is 5.82 Å². The summed E-state index contributed by atoms with van der Waals surface area (Å²) in [5, 5.41) is 0. The number of ether oxygens (including phenoxy) is 2. The van der Waals surface area contributed by atoms with Gasteiger partial charge in [-0.25, -0.2) is 4.39 Å². The number of hydrogen-bond donors (Lipinski definition) is 0. The number of carbonyl (C=O) groups excluding carboxylic acids is 2. The van der Waals surface area contributed by atoms with Gasteiger partial charge in [0.2, 0.25) is 0 Å². The SMILES string of the molecule is CCOC(CN1C(=O)C(=O)c2cc(Br)c(F)cc21)OCC. The van der Waals surface area contributed by atoms with Crippen LogP contribution in [0.5, 0.6) is 0 Å². The number of benzene rings is 1. The first-order valence-corrected chi connectivity index (χ1v) is 7.37. The minimum absolute atomic E-state index is 0.0420. The van der Waals surface area contributed by atoms with Crippen LogP contribution in [0.2, 0.25) is 0 Å². The number of ketones is 1. The lowest BCUT2D eigenvalue weighted by Gasteiger charge is -2.23. The Morgan fingerprint density at radius 1 is 1.24 bits per heavy atom. The zero-order valence-corrected chi connectivity index (χ0v) is 13.3. The molecule has 21 heavy (non-hydrogen) atoms. The van der Waals surface area contributed by atoms with Crippen LogP contribution in [-0.4, -0.2) is 37.7 Å². The van der Waals surface area contributed by atoms with Gasteiger partial charge in [0.1, 0.15) is 5.82 Å². The Labute approximate surface area is 130 Å². The van der Waals surface area contributed by atoms with Gasteiger partial charge in [-0.3, -0.25) is 14.5 Å². The van der Waals surface area contributed by atoms with E-state index in [1.807, 2.05) is 0 Å². The van der Waals surface area contributed by atoms with Gasteiger partial charge in [0.25, 0.3) is 11.7 Å². The van der Waals surface area contributed by atoms with E-state index in [2.05, 4.69) is 15.9 Å². The summed E-state index contributed by atoms with van der Waals surface area (Å²) in [6.45, 7) is 4.45. The van der Waals surface area contributed by atoms with Gasteiger partial charge in [-0.05, 0) is 41.9 Å². The zero-order valence-electron chi connectivity index (χ0n) is 11.7. The van der Waals surface area contributed by atoms with Crippen LogP contribution in [0.3, 0.4) is 0 Å². The van der Waals surface area contributed by atoms with E-state index in [1.165, 1.54) is 11.0 Å². The predicted octanol–water partition coefficient (Wildman–Crippen LogP) is 2.52. The zero-order chi connectivity index (χ0) is 15.6. The maximum atomic E-state index is 13.7. The molecule has 0 aromatic heterocycles. The highest BCUT2D eigenvalue weighted by molar-refractivity contribution is 9.10. The number of nitrogens with zero attached hydrogens (tertiary/aromatic N) is 1. The molecule has 2 rings (SSSR count). The lowest BCUT2D eigenvalue weighted by atomic mass is 10.1. The molecular weight excluding hydrogens is 345 g/mol. The van der Waals surface area contributed by atoms with Gasteiger partial charge in [0, 0.05) is 13.2 Å². The van der Waals surface area contributed by atoms with Crippen LogP contribution < -0.4 is 4.90 Å². The Morgan fingerprint density at radius 2 is 1.86 bits per heavy atom. The monoisotopic (exact) mass is 359 g/mol. The lowest BCUT2D eigenvalue weighted by Crippen LogP contribution is -2.39. The molecular formula is C14H15BrFNO4. The molecule has 1 aliphatic rings. The van der Waals surface area contributed by atoms with Crippen LogP contribution >= 0.6 is 15.9 Å². The lowest BCUT2D eigenvalue weighted by molar-refractivity contribution is -0.134. The second-order valence-corrected chi connectivity index (χ2v) is 5.22. The second kappa shape index (κ2) is 6.64. The van der Waals surface area contributed by atoms with Crippen LogP contribution in [0.25, 0.3) is 0 Å². The second-order valence-electron chi connectivity index (χ2n) is 4.37. The molecule has 1 aliphatic heterocycles. The van der Waals surface area contributed by atoms with Gasteiger partial charge < -0.3 is 9.47 Å². The van der Waals surface area contributed by atoms with E-state index in [9.17, 15) is 14.0 Å². The molecule has 5 nitrogen and oxygen atoms in total. The molecule has 0 bridgehead atoms. The van der Waals surface area contributed by atoms with Gasteiger partial charge in [-0.15, -0.1) is 0 Å². The third kappa shape index (κ3) is 3.14. The Hall–Kier alpha value is -1.31. The first-order chi connectivity index (χ1) is 9.99. The van der Waals surface area contributed by atoms with Crippen molar-refractivity contribution in [3.8, 4) is 0 Å². The van der Waals surface area contributed by atoms with Crippen LogP contribution in [0.15, 0.2) is 16.6 Å². The summed E-state index contributed by atoms with van der Waals surface area (Å²) in [7, 11) is 0. The Balaban J connectivity index is 2.31. The summed E-state index contributed by atoms with van der Waals surface area (Å²) in [4.78, 5) is 25.2. The Bertz CT molecular complexity index is 572. The van der Waals surface area contributed by atoms with Crippen LogP contribution in [0.4, 0.5) is 10.1 Å². The molecule has 0 saturated carbocycles. The summed E-state index contributed by atoms with van der Waals surface area (Å²) in [5.41, 5.74) is 0.426. The summed E-state index contributed by atoms with van der Waals surface area (Å²) < 4.78 is 24.6. The molecule has 1 aromatic carbocycles. The number of anilines is 1. The highest BCUT2D eigenvalue weighted by Crippen LogP contribution is 2.33. The number of rotatable bonds is 6. The third-order valence-corrected chi connectivity index (χ3v) is 3.66. The fourth-order valence-corrected chi connectivity index (χ4v) is 2.49. The molecule has 1 heterocycles. The van der Waals surface area contributed by atoms with Gasteiger partial charge >= 0.3 is 0 Å². The van der Waals surface area contributed by atoms with E-state index in [0.717, 1.165) is 6.07 Å². The number of amides is 1. The van der Waals surface area contributed by atoms with Crippen LogP contribution in [-0.2, 0) is 14.3 Å². The molecule has 0 spiro atoms. The van der Waals surface area contributed by atoms with E-state index in [-0.39, 0.29) is 22.3 Å². The van der Waals surface area contributed by atoms with E-state index in [1.54, 1.807) is 13.8 Å². The Kier molecular flexibility index (Phi) is 5.08. The van der Waals surface area contributed by atoms with Crippen molar-refractivity contribution < 1.29 is 23.5 Å². The topological polar surface area (TPSA) is 55.8 Å². The molecule has 1 amide bonds. The van der Waals surface area contributed by atoms with Crippen molar-refractivity contribution in [2.45, 2.75) is 20.1 Å². The van der Waals surface area contributed by atoms with Crippen molar-refractivity contribution in [1.82, 2.24) is 0 Å². The minimum Gasteiger partial charge on any atom is -0.351 e. The highest BCUT2D eigenvalue weighted by atomic mass is 79.9. The molecule has 0 aliphatic carbocycles. The molecule has 0 atom stereocenters. The van der Waals surface area contributed by atoms with E-state index in [0.29, 0.717) is 13.2 Å². The standard InChI is InChI=1S/C14H15BrFNO4/c1-3-20-12(21-4-2)7-17-11-6-10(16)9(15)5-8(11)13(18)14(17)19/h5-6,12H,3-4,7H2,1-2H3. The predicted molar refractivity (Wildman–Crippen MR) is 77.8 cm³/mol. The highest BCUT2D eigenvalue weighted by Gasteiger charge is 2.38. The molecule has 0 saturated heterocycles. The molecule has 7 heteroatoms. The maximum absolute atomic E-state index is 13.7. The fourth-order valence-electron chi connectivity index (χ4n) is 2.14.